The SMILES string of the molecule is COC(CN)C(=O)N1CCC[C@@H]1CO. The van der Waals surface area contributed by atoms with Crippen LogP contribution in [0.15, 0.2) is 0 Å². The third-order valence-electron chi connectivity index (χ3n) is 2.64. The van der Waals surface area contributed by atoms with Crippen LogP contribution >= 0.6 is 0 Å². The van der Waals surface area contributed by atoms with Crippen molar-refractivity contribution in [1.29, 1.82) is 0 Å². The van der Waals surface area contributed by atoms with Gasteiger partial charge in [-0.2, -0.15) is 0 Å². The summed E-state index contributed by atoms with van der Waals surface area (Å²) in [5.41, 5.74) is 5.40. The van der Waals surface area contributed by atoms with Gasteiger partial charge in [0.1, 0.15) is 6.10 Å². The number of hydrogen-bond donors (Lipinski definition) is 2. The van der Waals surface area contributed by atoms with Crippen LogP contribution in [0.25, 0.3) is 0 Å². The molecule has 0 spiro atoms. The van der Waals surface area contributed by atoms with E-state index in [9.17, 15) is 4.79 Å². The standard InChI is InChI=1S/C9H18N2O3/c1-14-8(5-10)9(13)11-4-2-3-7(11)6-12/h7-8,12H,2-6,10H2,1H3/t7-,8?/m1/s1. The van der Waals surface area contributed by atoms with Crippen LogP contribution in [0, 0.1) is 0 Å². The quantitative estimate of drug-likeness (QED) is 0.609. The molecule has 0 radical (unpaired) electrons. The molecule has 1 saturated heterocycles. The molecule has 0 bridgehead atoms. The summed E-state index contributed by atoms with van der Waals surface area (Å²) in [6.45, 7) is 0.903. The molecule has 2 atom stereocenters. The van der Waals surface area contributed by atoms with Crippen LogP contribution in [0.3, 0.4) is 0 Å². The highest BCUT2D eigenvalue weighted by Gasteiger charge is 2.31. The molecular weight excluding hydrogens is 184 g/mol. The lowest BCUT2D eigenvalue weighted by molar-refractivity contribution is -0.142. The molecule has 0 aliphatic carbocycles. The maximum absolute atomic E-state index is 11.8. The lowest BCUT2D eigenvalue weighted by Gasteiger charge is -2.26. The van der Waals surface area contributed by atoms with Crippen LogP contribution in [0.4, 0.5) is 0 Å². The van der Waals surface area contributed by atoms with Crippen molar-refractivity contribution < 1.29 is 14.6 Å². The molecule has 5 heteroatoms. The summed E-state index contributed by atoms with van der Waals surface area (Å²) < 4.78 is 4.97. The Hall–Kier alpha value is -0.650. The lowest BCUT2D eigenvalue weighted by Crippen LogP contribution is -2.46. The first-order chi connectivity index (χ1) is 6.74. The monoisotopic (exact) mass is 202 g/mol. The highest BCUT2D eigenvalue weighted by atomic mass is 16.5. The van der Waals surface area contributed by atoms with Gasteiger partial charge in [0, 0.05) is 20.2 Å². The molecule has 0 aromatic heterocycles. The number of hydrogen-bond acceptors (Lipinski definition) is 4. The normalized spacial score (nSPS) is 23.9. The molecule has 1 rings (SSSR count). The van der Waals surface area contributed by atoms with Crippen LogP contribution in [0.1, 0.15) is 12.8 Å². The lowest BCUT2D eigenvalue weighted by atomic mass is 10.2. The predicted molar refractivity (Wildman–Crippen MR) is 51.7 cm³/mol. The van der Waals surface area contributed by atoms with Gasteiger partial charge < -0.3 is 20.5 Å². The zero-order valence-electron chi connectivity index (χ0n) is 8.48. The third kappa shape index (κ3) is 2.23. The second kappa shape index (κ2) is 5.29. The molecule has 1 heterocycles. The van der Waals surface area contributed by atoms with Crippen LogP contribution in [-0.4, -0.2) is 54.9 Å². The molecule has 14 heavy (non-hydrogen) atoms. The van der Waals surface area contributed by atoms with Crippen molar-refractivity contribution in [3.8, 4) is 0 Å². The Labute approximate surface area is 83.8 Å². The number of amides is 1. The largest absolute Gasteiger partial charge is 0.394 e. The Morgan fingerprint density at radius 3 is 3.00 bits per heavy atom. The average molecular weight is 202 g/mol. The predicted octanol–water partition coefficient (Wildman–Crippen LogP) is -1.06. The zero-order chi connectivity index (χ0) is 10.6. The van der Waals surface area contributed by atoms with Gasteiger partial charge in [0.15, 0.2) is 0 Å². The fraction of sp³-hybridized carbons (Fsp3) is 0.889. The number of nitrogens with two attached hydrogens (primary N) is 1. The number of nitrogens with zero attached hydrogens (tertiary/aromatic N) is 1. The third-order valence-corrected chi connectivity index (χ3v) is 2.64. The van der Waals surface area contributed by atoms with Gasteiger partial charge in [-0.25, -0.2) is 0 Å². The van der Waals surface area contributed by atoms with E-state index in [1.807, 2.05) is 0 Å². The van der Waals surface area contributed by atoms with E-state index in [2.05, 4.69) is 0 Å². The molecule has 3 N–H and O–H groups in total. The van der Waals surface area contributed by atoms with E-state index in [-0.39, 0.29) is 25.1 Å². The van der Waals surface area contributed by atoms with Crippen molar-refractivity contribution in [2.24, 2.45) is 5.73 Å². The zero-order valence-corrected chi connectivity index (χ0v) is 8.48. The van der Waals surface area contributed by atoms with Crippen molar-refractivity contribution in [1.82, 2.24) is 4.90 Å². The minimum absolute atomic E-state index is 0.0206. The van der Waals surface area contributed by atoms with E-state index in [1.54, 1.807) is 4.90 Å². The molecule has 82 valence electrons. The Morgan fingerprint density at radius 2 is 2.50 bits per heavy atom. The van der Waals surface area contributed by atoms with E-state index in [0.29, 0.717) is 6.54 Å². The molecule has 1 unspecified atom stereocenters. The first-order valence-electron chi connectivity index (χ1n) is 4.88. The summed E-state index contributed by atoms with van der Waals surface area (Å²) in [7, 11) is 1.47. The van der Waals surface area contributed by atoms with Crippen molar-refractivity contribution >= 4 is 5.91 Å². The summed E-state index contributed by atoms with van der Waals surface area (Å²) in [5.74, 6) is -0.105. The van der Waals surface area contributed by atoms with Gasteiger partial charge in [-0.1, -0.05) is 0 Å². The van der Waals surface area contributed by atoms with Crippen molar-refractivity contribution in [2.75, 3.05) is 26.8 Å². The molecule has 1 fully saturated rings. The Bertz CT molecular complexity index is 194. The number of ether oxygens (including phenoxy) is 1. The van der Waals surface area contributed by atoms with Gasteiger partial charge in [-0.05, 0) is 12.8 Å². The number of aliphatic hydroxyl groups excluding tert-OH is 1. The minimum Gasteiger partial charge on any atom is -0.394 e. The van der Waals surface area contributed by atoms with Gasteiger partial charge in [0.25, 0.3) is 5.91 Å². The number of carbonyl (C=O) groups excluding carboxylic acids is 1. The molecule has 1 amide bonds. The Balaban J connectivity index is 2.58. The topological polar surface area (TPSA) is 75.8 Å². The van der Waals surface area contributed by atoms with Crippen molar-refractivity contribution in [2.45, 2.75) is 25.0 Å². The number of rotatable bonds is 4. The molecule has 0 saturated carbocycles. The van der Waals surface area contributed by atoms with Gasteiger partial charge in [-0.3, -0.25) is 4.79 Å². The average Bonchev–Trinajstić information content (AvgIpc) is 2.67. The minimum atomic E-state index is -0.567. The maximum atomic E-state index is 11.8. The fourth-order valence-electron chi connectivity index (χ4n) is 1.80. The smallest absolute Gasteiger partial charge is 0.253 e. The molecule has 1 aliphatic rings. The number of methoxy groups -OCH3 is 1. The first-order valence-corrected chi connectivity index (χ1v) is 4.88. The van der Waals surface area contributed by atoms with E-state index in [4.69, 9.17) is 15.6 Å². The molecule has 1 aliphatic heterocycles. The second-order valence-electron chi connectivity index (χ2n) is 3.47. The summed E-state index contributed by atoms with van der Waals surface area (Å²) >= 11 is 0. The van der Waals surface area contributed by atoms with Crippen LogP contribution in [0.2, 0.25) is 0 Å². The number of aliphatic hydroxyl groups is 1. The molecular formula is C9H18N2O3. The second-order valence-corrected chi connectivity index (χ2v) is 3.47. The Kier molecular flexibility index (Phi) is 4.31. The van der Waals surface area contributed by atoms with Crippen molar-refractivity contribution in [3.63, 3.8) is 0 Å². The summed E-state index contributed by atoms with van der Waals surface area (Å²) in [5, 5.41) is 9.05. The highest BCUT2D eigenvalue weighted by Crippen LogP contribution is 2.17. The molecule has 0 aromatic rings. The van der Waals surface area contributed by atoms with Crippen LogP contribution in [0.5, 0.6) is 0 Å². The Morgan fingerprint density at radius 1 is 1.79 bits per heavy atom. The van der Waals surface area contributed by atoms with Crippen LogP contribution in [-0.2, 0) is 9.53 Å². The summed E-state index contributed by atoms with van der Waals surface area (Å²) in [6.07, 6.45) is 1.24. The first kappa shape index (κ1) is 11.4. The highest BCUT2D eigenvalue weighted by molar-refractivity contribution is 5.81. The van der Waals surface area contributed by atoms with Gasteiger partial charge in [0.2, 0.25) is 0 Å². The fourth-order valence-corrected chi connectivity index (χ4v) is 1.80. The number of likely N-dealkylation sites (tertiary alicyclic amines) is 1. The van der Waals surface area contributed by atoms with E-state index >= 15 is 0 Å². The van der Waals surface area contributed by atoms with Crippen molar-refractivity contribution in [3.05, 3.63) is 0 Å². The summed E-state index contributed by atoms with van der Waals surface area (Å²) in [6, 6.07) is -0.0494. The number of carbonyl (C=O) groups is 1. The van der Waals surface area contributed by atoms with Gasteiger partial charge in [-0.15, -0.1) is 0 Å². The molecule has 5 nitrogen and oxygen atoms in total. The summed E-state index contributed by atoms with van der Waals surface area (Å²) in [4.78, 5) is 13.5. The van der Waals surface area contributed by atoms with E-state index in [1.165, 1.54) is 7.11 Å². The van der Waals surface area contributed by atoms with Crippen LogP contribution < -0.4 is 5.73 Å². The maximum Gasteiger partial charge on any atom is 0.253 e. The van der Waals surface area contributed by atoms with E-state index in [0.717, 1.165) is 12.8 Å². The van der Waals surface area contributed by atoms with Gasteiger partial charge >= 0.3 is 0 Å². The van der Waals surface area contributed by atoms with E-state index < -0.39 is 6.10 Å². The van der Waals surface area contributed by atoms with Gasteiger partial charge in [0.05, 0.1) is 12.6 Å². The molecule has 0 aromatic carbocycles.